The van der Waals surface area contributed by atoms with Gasteiger partial charge in [0.15, 0.2) is 0 Å². The number of thiol groups is 1. The second-order valence-corrected chi connectivity index (χ2v) is 14.0. The molecule has 16 nitrogen and oxygen atoms in total. The first-order valence-corrected chi connectivity index (χ1v) is 19.3. The fourth-order valence-corrected chi connectivity index (χ4v) is 6.52. The number of ether oxygens (including phenoxy) is 3. The molecule has 4 heterocycles. The van der Waals surface area contributed by atoms with Gasteiger partial charge in [0, 0.05) is 57.2 Å². The zero-order valence-electron chi connectivity index (χ0n) is 34.7. The van der Waals surface area contributed by atoms with Gasteiger partial charge in [0.05, 0.1) is 69.3 Å². The number of halogens is 5. The zero-order chi connectivity index (χ0) is 44.5. The zero-order valence-corrected chi connectivity index (χ0v) is 40.8. The number of hydrogen-bond acceptors (Lipinski definition) is 12. The summed E-state index contributed by atoms with van der Waals surface area (Å²) < 4.78 is 63.9. The van der Waals surface area contributed by atoms with Crippen molar-refractivity contribution in [1.29, 1.82) is 0 Å². The third-order valence-electron chi connectivity index (χ3n) is 8.23. The van der Waals surface area contributed by atoms with Gasteiger partial charge >= 0.3 is 72.2 Å². The Balaban J connectivity index is 0.000000821. The van der Waals surface area contributed by atoms with E-state index in [1.165, 1.54) is 63.5 Å². The largest absolute Gasteiger partial charge is 1.00 e. The molecule has 1 fully saturated rings. The van der Waals surface area contributed by atoms with Gasteiger partial charge in [-0.25, -0.2) is 27.6 Å². The number of carbonyl (C=O) groups excluding carboxylic acids is 2. The molecule has 331 valence electrons. The van der Waals surface area contributed by atoms with Crippen LogP contribution in [0.3, 0.4) is 0 Å². The third-order valence-corrected chi connectivity index (χ3v) is 9.39. The van der Waals surface area contributed by atoms with Gasteiger partial charge < -0.3 is 30.3 Å². The van der Waals surface area contributed by atoms with Crippen molar-refractivity contribution in [3.63, 3.8) is 0 Å². The number of aromatic carboxylic acids is 1. The van der Waals surface area contributed by atoms with Crippen molar-refractivity contribution in [3.8, 4) is 33.8 Å². The van der Waals surface area contributed by atoms with Crippen LogP contribution in [0, 0.1) is 17.5 Å². The van der Waals surface area contributed by atoms with E-state index in [1.807, 2.05) is 0 Å². The molecule has 7 rings (SSSR count). The molecule has 0 spiro atoms. The predicted molar refractivity (Wildman–Crippen MR) is 234 cm³/mol. The monoisotopic (exact) mass is 1030 g/mol. The molecule has 0 bridgehead atoms. The van der Waals surface area contributed by atoms with E-state index in [9.17, 15) is 27.6 Å². The normalized spacial score (nSPS) is 10.7. The number of esters is 2. The minimum Gasteiger partial charge on any atom is -0.870 e. The Morgan fingerprint density at radius 2 is 1.11 bits per heavy atom. The molecule has 0 saturated carbocycles. The van der Waals surface area contributed by atoms with Crippen LogP contribution in [0.1, 0.15) is 43.9 Å². The van der Waals surface area contributed by atoms with Crippen molar-refractivity contribution in [2.24, 2.45) is 25.4 Å². The molecule has 3 aromatic carbocycles. The number of carboxylic acid groups (broad SMARTS) is 1. The number of hydrogen-bond donors (Lipinski definition) is 2. The Hall–Kier alpha value is -4.46. The number of aromatic nitrogens is 6. The van der Waals surface area contributed by atoms with Crippen LogP contribution >= 0.6 is 44.7 Å². The van der Waals surface area contributed by atoms with E-state index in [-0.39, 0.29) is 57.2 Å². The summed E-state index contributed by atoms with van der Waals surface area (Å²) in [5.74, 6) is -4.63. The van der Waals surface area contributed by atoms with Crippen LogP contribution in [-0.4, -0.2) is 98.4 Å². The molecule has 0 aliphatic carbocycles. The van der Waals surface area contributed by atoms with Crippen molar-refractivity contribution in [1.82, 2.24) is 29.3 Å². The van der Waals surface area contributed by atoms with Crippen LogP contribution in [0.4, 0.5) is 13.2 Å². The molecule has 1 saturated heterocycles. The van der Waals surface area contributed by atoms with Crippen molar-refractivity contribution in [3.05, 3.63) is 122 Å². The molecule has 1 aliphatic rings. The van der Waals surface area contributed by atoms with E-state index >= 15 is 0 Å². The fourth-order valence-electron chi connectivity index (χ4n) is 5.36. The Kier molecular flexibility index (Phi) is 27.0. The quantitative estimate of drug-likeness (QED) is 0.135. The summed E-state index contributed by atoms with van der Waals surface area (Å²) in [6.07, 6.45) is 7.40. The SMILES string of the molecule is C1CCOC1.COC(=O)c1ccc(-c2c(Br)cnn2C)cc1F.COC(=O)c1ccc(-c2ccnn2C)cc1F.Cn1ncc(Br)c1-c1ccc(C(=O)O)c(F)c1.O.[B]=NS.[Na+].[OH-]. The first-order valence-electron chi connectivity index (χ1n) is 17.3. The van der Waals surface area contributed by atoms with Gasteiger partial charge in [-0.2, -0.15) is 15.3 Å². The molecule has 1 radical (unpaired) electrons. The number of benzene rings is 3. The summed E-state index contributed by atoms with van der Waals surface area (Å²) in [6.45, 7) is 2.00. The maximum absolute atomic E-state index is 13.8. The molecule has 63 heavy (non-hydrogen) atoms. The number of nitrogens with zero attached hydrogens (tertiary/aromatic N) is 7. The molecular formula is C39H41BBr2F3N7NaO9S. The smallest absolute Gasteiger partial charge is 0.870 e. The summed E-state index contributed by atoms with van der Waals surface area (Å²) in [7, 11) is 12.0. The Morgan fingerprint density at radius 1 is 0.730 bits per heavy atom. The maximum Gasteiger partial charge on any atom is 1.00 e. The van der Waals surface area contributed by atoms with Gasteiger partial charge in [0.1, 0.15) is 17.5 Å². The van der Waals surface area contributed by atoms with Crippen LogP contribution in [0.15, 0.2) is 92.5 Å². The first-order chi connectivity index (χ1) is 28.6. The van der Waals surface area contributed by atoms with E-state index in [1.54, 1.807) is 78.0 Å². The molecule has 3 aromatic heterocycles. The van der Waals surface area contributed by atoms with Crippen molar-refractivity contribution < 1.29 is 87.4 Å². The first kappa shape index (κ1) is 58.5. The second kappa shape index (κ2) is 29.1. The summed E-state index contributed by atoms with van der Waals surface area (Å²) in [6, 6.07) is 14.4. The van der Waals surface area contributed by atoms with E-state index in [0.717, 1.165) is 33.5 Å². The summed E-state index contributed by atoms with van der Waals surface area (Å²) in [5.41, 5.74) is 3.58. The van der Waals surface area contributed by atoms with Gasteiger partial charge in [-0.15, -0.1) is 0 Å². The molecule has 0 amide bonds. The molecule has 1 aliphatic heterocycles. The van der Waals surface area contributed by atoms with Gasteiger partial charge in [0.2, 0.25) is 0 Å². The topological polar surface area (TPSA) is 226 Å². The standard InChI is InChI=1S/C12H10BrFN2O2.C12H11FN2O2.C11H8BrFN2O2.C4H8O.BHNS.Na.2H2O/c1-16-11(9(13)6-15-16)7-3-4-8(10(14)5-7)12(17)18-2;1-15-11(5-6-14-15)8-3-4-9(10(13)7-8)12(16)17-2;1-15-10(8(12)5-14-15)6-2-3-7(11(16)17)9(13)4-6;1-2-4-5-3-1;1-2-3;;;/h3-6H,1-2H3;3-7H,1-2H3;2-5H,1H3,(H,16,17);1-4H2;3H;;2*1H2/q;;;;;+1;;/p-1. The summed E-state index contributed by atoms with van der Waals surface area (Å²) >= 11 is 9.84. The van der Waals surface area contributed by atoms with E-state index in [0.29, 0.717) is 22.4 Å². The predicted octanol–water partition coefficient (Wildman–Crippen LogP) is 4.46. The summed E-state index contributed by atoms with van der Waals surface area (Å²) in [5, 5.41) is 20.8. The van der Waals surface area contributed by atoms with Crippen molar-refractivity contribution in [2.75, 3.05) is 27.4 Å². The van der Waals surface area contributed by atoms with Gasteiger partial charge in [-0.3, -0.25) is 14.0 Å². The molecule has 24 heteroatoms. The molecular weight excluding hydrogens is 993 g/mol. The van der Waals surface area contributed by atoms with Crippen molar-refractivity contribution >= 4 is 70.2 Å². The minimum atomic E-state index is -1.28. The maximum atomic E-state index is 13.8. The number of methoxy groups -OCH3 is 2. The van der Waals surface area contributed by atoms with E-state index < -0.39 is 35.4 Å². The van der Waals surface area contributed by atoms with Crippen LogP contribution in [0.5, 0.6) is 0 Å². The molecule has 0 unspecified atom stereocenters. The van der Waals surface area contributed by atoms with Gasteiger partial charge in [-0.1, -0.05) is 18.2 Å². The Labute approximate surface area is 406 Å². The minimum absolute atomic E-state index is 0. The number of carbonyl (C=O) groups is 3. The third kappa shape index (κ3) is 16.6. The number of rotatable bonds is 6. The molecule has 4 N–H and O–H groups in total. The van der Waals surface area contributed by atoms with E-state index in [4.69, 9.17) is 9.84 Å². The molecule has 6 aromatic rings. The Bertz CT molecular complexity index is 2390. The van der Waals surface area contributed by atoms with Crippen LogP contribution in [-0.2, 0) is 35.4 Å². The average molecular weight is 1030 g/mol. The fraction of sp³-hybridized carbons (Fsp3) is 0.231. The molecule has 0 atom stereocenters. The second-order valence-electron chi connectivity index (χ2n) is 12.1. The van der Waals surface area contributed by atoms with Crippen LogP contribution < -0.4 is 29.6 Å². The van der Waals surface area contributed by atoms with Crippen molar-refractivity contribution in [2.45, 2.75) is 12.8 Å². The van der Waals surface area contributed by atoms with Gasteiger partial charge in [0.25, 0.3) is 0 Å². The number of aryl methyl sites for hydroxylation is 3. The summed E-state index contributed by atoms with van der Waals surface area (Å²) in [4.78, 5) is 33.2. The van der Waals surface area contributed by atoms with Gasteiger partial charge in [-0.05, 0) is 87.2 Å². The average Bonchev–Trinajstić information content (AvgIpc) is 4.06. The Morgan fingerprint density at radius 3 is 1.40 bits per heavy atom. The van der Waals surface area contributed by atoms with E-state index in [2.05, 4.69) is 81.4 Å². The number of carboxylic acids is 1. The van der Waals surface area contributed by atoms with Crippen LogP contribution in [0.2, 0.25) is 0 Å². The van der Waals surface area contributed by atoms with Crippen LogP contribution in [0.25, 0.3) is 33.8 Å².